The summed E-state index contributed by atoms with van der Waals surface area (Å²) in [6.07, 6.45) is 3.98. The summed E-state index contributed by atoms with van der Waals surface area (Å²) in [5, 5.41) is 3.02. The van der Waals surface area contributed by atoms with Crippen LogP contribution in [0.5, 0.6) is 0 Å². The van der Waals surface area contributed by atoms with Crippen LogP contribution >= 0.6 is 0 Å². The third-order valence-corrected chi connectivity index (χ3v) is 3.74. The molecular weight excluding hydrogens is 252 g/mol. The first kappa shape index (κ1) is 14.8. The van der Waals surface area contributed by atoms with Crippen LogP contribution in [0.4, 0.5) is 5.69 Å². The van der Waals surface area contributed by atoms with Gasteiger partial charge < -0.3 is 10.2 Å². The van der Waals surface area contributed by atoms with E-state index in [0.29, 0.717) is 17.3 Å². The molecule has 110 valence electrons. The number of carbonyl (C=O) groups is 1. The van der Waals surface area contributed by atoms with E-state index in [4.69, 9.17) is 0 Å². The highest BCUT2D eigenvalue weighted by Gasteiger charge is 2.25. The van der Waals surface area contributed by atoms with Crippen LogP contribution in [0.3, 0.4) is 0 Å². The van der Waals surface area contributed by atoms with Gasteiger partial charge >= 0.3 is 0 Å². The number of nitrogens with zero attached hydrogens (tertiary/aromatic N) is 3. The first-order valence-electron chi connectivity index (χ1n) is 7.37. The maximum absolute atomic E-state index is 12.7. The van der Waals surface area contributed by atoms with Crippen molar-refractivity contribution in [3.8, 4) is 0 Å². The lowest BCUT2D eigenvalue weighted by Gasteiger charge is -2.31. The van der Waals surface area contributed by atoms with E-state index in [9.17, 15) is 4.79 Å². The van der Waals surface area contributed by atoms with Crippen LogP contribution in [0.2, 0.25) is 0 Å². The van der Waals surface area contributed by atoms with Gasteiger partial charge in [-0.25, -0.2) is 9.97 Å². The van der Waals surface area contributed by atoms with Crippen LogP contribution in [-0.4, -0.2) is 40.9 Å². The number of carbonyl (C=O) groups excluding carboxylic acids is 1. The molecule has 2 heterocycles. The fraction of sp³-hybridized carbons (Fsp3) is 0.667. The second-order valence-corrected chi connectivity index (χ2v) is 5.89. The van der Waals surface area contributed by atoms with Gasteiger partial charge in [0.15, 0.2) is 5.69 Å². The Labute approximate surface area is 120 Å². The summed E-state index contributed by atoms with van der Waals surface area (Å²) in [6, 6.07) is 0. The van der Waals surface area contributed by atoms with Crippen molar-refractivity contribution in [3.63, 3.8) is 0 Å². The van der Waals surface area contributed by atoms with Crippen LogP contribution in [0.25, 0.3) is 0 Å². The Hall–Kier alpha value is -1.65. The number of rotatable bonds is 3. The molecule has 1 saturated heterocycles. The molecule has 1 N–H and O–H groups in total. The second kappa shape index (κ2) is 6.20. The van der Waals surface area contributed by atoms with E-state index in [1.807, 2.05) is 18.7 Å². The SMILES string of the molecule is CNc1cnc(C(C)C)nc1C(=O)N1CCCC(C)C1. The molecule has 0 saturated carbocycles. The normalized spacial score (nSPS) is 19.2. The molecular formula is C15H24N4O. The molecule has 1 amide bonds. The summed E-state index contributed by atoms with van der Waals surface area (Å²) in [7, 11) is 1.79. The van der Waals surface area contributed by atoms with Gasteiger partial charge in [0.25, 0.3) is 5.91 Å². The summed E-state index contributed by atoms with van der Waals surface area (Å²) in [6.45, 7) is 7.91. The Morgan fingerprint density at radius 1 is 1.50 bits per heavy atom. The van der Waals surface area contributed by atoms with Crippen LogP contribution in [0, 0.1) is 5.92 Å². The molecule has 2 rings (SSSR count). The lowest BCUT2D eigenvalue weighted by Crippen LogP contribution is -2.39. The van der Waals surface area contributed by atoms with Gasteiger partial charge in [0, 0.05) is 26.1 Å². The fourth-order valence-electron chi connectivity index (χ4n) is 2.54. The van der Waals surface area contributed by atoms with Gasteiger partial charge in [-0.1, -0.05) is 20.8 Å². The van der Waals surface area contributed by atoms with Gasteiger partial charge in [0.05, 0.1) is 11.9 Å². The van der Waals surface area contributed by atoms with Crippen molar-refractivity contribution >= 4 is 11.6 Å². The first-order valence-corrected chi connectivity index (χ1v) is 7.37. The number of hydrogen-bond acceptors (Lipinski definition) is 4. The smallest absolute Gasteiger partial charge is 0.274 e. The van der Waals surface area contributed by atoms with Gasteiger partial charge in [-0.3, -0.25) is 4.79 Å². The van der Waals surface area contributed by atoms with Crippen LogP contribution in [0.15, 0.2) is 6.20 Å². The molecule has 0 bridgehead atoms. The monoisotopic (exact) mass is 276 g/mol. The van der Waals surface area contributed by atoms with E-state index in [1.165, 1.54) is 6.42 Å². The Morgan fingerprint density at radius 3 is 2.85 bits per heavy atom. The molecule has 20 heavy (non-hydrogen) atoms. The predicted octanol–water partition coefficient (Wildman–Crippen LogP) is 2.51. The van der Waals surface area contributed by atoms with Gasteiger partial charge in [-0.15, -0.1) is 0 Å². The topological polar surface area (TPSA) is 58.1 Å². The highest BCUT2D eigenvalue weighted by atomic mass is 16.2. The Bertz CT molecular complexity index is 487. The number of anilines is 1. The van der Waals surface area contributed by atoms with Gasteiger partial charge in [0.1, 0.15) is 5.82 Å². The number of likely N-dealkylation sites (tertiary alicyclic amines) is 1. The first-order chi connectivity index (χ1) is 9.52. The van der Waals surface area contributed by atoms with Gasteiger partial charge in [0.2, 0.25) is 0 Å². The minimum atomic E-state index is 0.0187. The quantitative estimate of drug-likeness (QED) is 0.921. The number of piperidine rings is 1. The third-order valence-electron chi connectivity index (χ3n) is 3.74. The Kier molecular flexibility index (Phi) is 4.57. The molecule has 1 aliphatic rings. The minimum absolute atomic E-state index is 0.0187. The number of amides is 1. The second-order valence-electron chi connectivity index (χ2n) is 5.89. The predicted molar refractivity (Wildman–Crippen MR) is 80.0 cm³/mol. The molecule has 5 nitrogen and oxygen atoms in total. The zero-order chi connectivity index (χ0) is 14.7. The summed E-state index contributed by atoms with van der Waals surface area (Å²) in [4.78, 5) is 23.4. The van der Waals surface area contributed by atoms with E-state index in [1.54, 1.807) is 13.2 Å². The standard InChI is InChI=1S/C15H24N4O/c1-10(2)14-17-8-12(16-4)13(18-14)15(20)19-7-5-6-11(3)9-19/h8,10-11,16H,5-7,9H2,1-4H3. The van der Waals surface area contributed by atoms with Gasteiger partial charge in [-0.05, 0) is 18.8 Å². The molecule has 5 heteroatoms. The molecule has 1 aromatic rings. The summed E-state index contributed by atoms with van der Waals surface area (Å²) < 4.78 is 0. The zero-order valence-electron chi connectivity index (χ0n) is 12.8. The van der Waals surface area contributed by atoms with Crippen molar-refractivity contribution in [2.75, 3.05) is 25.5 Å². The van der Waals surface area contributed by atoms with Crippen molar-refractivity contribution < 1.29 is 4.79 Å². The van der Waals surface area contributed by atoms with Gasteiger partial charge in [-0.2, -0.15) is 0 Å². The van der Waals surface area contributed by atoms with E-state index in [0.717, 1.165) is 25.3 Å². The molecule has 1 aliphatic heterocycles. The van der Waals surface area contributed by atoms with Crippen LogP contribution in [0.1, 0.15) is 55.8 Å². The summed E-state index contributed by atoms with van der Waals surface area (Å²) >= 11 is 0. The van der Waals surface area contributed by atoms with Crippen molar-refractivity contribution in [3.05, 3.63) is 17.7 Å². The van der Waals surface area contributed by atoms with Crippen LogP contribution in [-0.2, 0) is 0 Å². The van der Waals surface area contributed by atoms with E-state index in [-0.39, 0.29) is 11.8 Å². The number of aromatic nitrogens is 2. The zero-order valence-corrected chi connectivity index (χ0v) is 12.8. The largest absolute Gasteiger partial charge is 0.385 e. The molecule has 0 spiro atoms. The fourth-order valence-corrected chi connectivity index (χ4v) is 2.54. The summed E-state index contributed by atoms with van der Waals surface area (Å²) in [5.41, 5.74) is 1.21. The molecule has 1 aromatic heterocycles. The molecule has 1 atom stereocenters. The lowest BCUT2D eigenvalue weighted by molar-refractivity contribution is 0.0677. The summed E-state index contributed by atoms with van der Waals surface area (Å²) in [5.74, 6) is 1.52. The maximum atomic E-state index is 12.7. The molecule has 0 aromatic carbocycles. The average Bonchev–Trinajstić information content (AvgIpc) is 2.45. The number of nitrogens with one attached hydrogen (secondary N) is 1. The minimum Gasteiger partial charge on any atom is -0.385 e. The van der Waals surface area contributed by atoms with Crippen LogP contribution < -0.4 is 5.32 Å². The Morgan fingerprint density at radius 2 is 2.25 bits per heavy atom. The molecule has 1 fully saturated rings. The molecule has 0 radical (unpaired) electrons. The highest BCUT2D eigenvalue weighted by Crippen LogP contribution is 2.21. The number of hydrogen-bond donors (Lipinski definition) is 1. The van der Waals surface area contributed by atoms with E-state index >= 15 is 0 Å². The van der Waals surface area contributed by atoms with E-state index < -0.39 is 0 Å². The highest BCUT2D eigenvalue weighted by molar-refractivity contribution is 5.97. The average molecular weight is 276 g/mol. The maximum Gasteiger partial charge on any atom is 0.274 e. The third kappa shape index (κ3) is 3.08. The van der Waals surface area contributed by atoms with Crippen molar-refractivity contribution in [1.29, 1.82) is 0 Å². The Balaban J connectivity index is 2.29. The lowest BCUT2D eigenvalue weighted by atomic mass is 10.00. The van der Waals surface area contributed by atoms with Crippen molar-refractivity contribution in [2.24, 2.45) is 5.92 Å². The van der Waals surface area contributed by atoms with Crippen molar-refractivity contribution in [2.45, 2.75) is 39.5 Å². The van der Waals surface area contributed by atoms with Crippen molar-refractivity contribution in [1.82, 2.24) is 14.9 Å². The molecule has 0 aliphatic carbocycles. The molecule has 1 unspecified atom stereocenters. The van der Waals surface area contributed by atoms with E-state index in [2.05, 4.69) is 22.2 Å².